The van der Waals surface area contributed by atoms with E-state index < -0.39 is 10.0 Å². The van der Waals surface area contributed by atoms with Crippen molar-refractivity contribution in [2.75, 3.05) is 17.6 Å². The van der Waals surface area contributed by atoms with Crippen LogP contribution in [0.1, 0.15) is 22.2 Å². The van der Waals surface area contributed by atoms with E-state index in [0.717, 1.165) is 11.1 Å². The fraction of sp³-hybridized carbons (Fsp3) is 0.167. The molecule has 1 aromatic carbocycles. The number of thiophene rings is 1. The van der Waals surface area contributed by atoms with Gasteiger partial charge in [-0.2, -0.15) is 4.98 Å². The predicted molar refractivity (Wildman–Crippen MR) is 110 cm³/mol. The predicted octanol–water partition coefficient (Wildman–Crippen LogP) is 2.29. The Morgan fingerprint density at radius 3 is 2.54 bits per heavy atom. The van der Waals surface area contributed by atoms with E-state index in [1.54, 1.807) is 18.2 Å². The van der Waals surface area contributed by atoms with Crippen LogP contribution >= 0.6 is 11.3 Å². The van der Waals surface area contributed by atoms with Crippen molar-refractivity contribution in [1.82, 2.24) is 9.97 Å². The molecule has 0 spiro atoms. The van der Waals surface area contributed by atoms with Gasteiger partial charge < -0.3 is 11.1 Å². The first-order chi connectivity index (χ1) is 13.2. The van der Waals surface area contributed by atoms with Crippen LogP contribution in [0.15, 0.2) is 46.7 Å². The van der Waals surface area contributed by atoms with Crippen molar-refractivity contribution in [2.24, 2.45) is 5.14 Å². The fourth-order valence-electron chi connectivity index (χ4n) is 2.66. The Kier molecular flexibility index (Phi) is 5.73. The van der Waals surface area contributed by atoms with Gasteiger partial charge in [0.2, 0.25) is 16.0 Å². The van der Waals surface area contributed by atoms with E-state index in [1.165, 1.54) is 30.4 Å². The third kappa shape index (κ3) is 4.71. The van der Waals surface area contributed by atoms with E-state index in [1.807, 2.05) is 11.4 Å². The number of nitrogens with zero attached hydrogens (tertiary/aromatic N) is 2. The Hall–Kier alpha value is -2.82. The van der Waals surface area contributed by atoms with Gasteiger partial charge in [0.05, 0.1) is 15.5 Å². The third-order valence-corrected chi connectivity index (χ3v) is 5.92. The Balaban J connectivity index is 1.71. The average molecular weight is 418 g/mol. The van der Waals surface area contributed by atoms with Gasteiger partial charge in [-0.05, 0) is 42.5 Å². The molecule has 0 bridgehead atoms. The number of primary sulfonamides is 1. The Morgan fingerprint density at radius 1 is 1.18 bits per heavy atom. The highest BCUT2D eigenvalue weighted by Gasteiger charge is 2.14. The zero-order chi connectivity index (χ0) is 20.3. The lowest BCUT2D eigenvalue weighted by Gasteiger charge is -2.09. The van der Waals surface area contributed by atoms with Crippen LogP contribution in [-0.2, 0) is 16.4 Å². The summed E-state index contributed by atoms with van der Waals surface area (Å²) in [5.41, 5.74) is 8.08. The number of hydrogen-bond acceptors (Lipinski definition) is 8. The van der Waals surface area contributed by atoms with Crippen LogP contribution in [0.25, 0.3) is 11.3 Å². The molecule has 0 unspecified atom stereocenters. The number of hydrogen-bond donors (Lipinski definition) is 3. The first-order valence-corrected chi connectivity index (χ1v) is 10.8. The number of nitrogens with two attached hydrogens (primary N) is 2. The number of sulfonamides is 1. The summed E-state index contributed by atoms with van der Waals surface area (Å²) in [6.45, 7) is 2.06. The van der Waals surface area contributed by atoms with Gasteiger partial charge in [-0.25, -0.2) is 18.5 Å². The lowest BCUT2D eigenvalue weighted by molar-refractivity contribution is 0.102. The number of aromatic nitrogens is 2. The van der Waals surface area contributed by atoms with Crippen molar-refractivity contribution < 1.29 is 13.2 Å². The number of Topliss-reactive ketones (excluding diaryl/α,β-unsaturated/α-hetero) is 1. The Bertz CT molecular complexity index is 1110. The smallest absolute Gasteiger partial charge is 0.238 e. The van der Waals surface area contributed by atoms with Crippen LogP contribution in [0.3, 0.4) is 0 Å². The van der Waals surface area contributed by atoms with Gasteiger partial charge in [0.25, 0.3) is 0 Å². The van der Waals surface area contributed by atoms with Crippen LogP contribution in [0.5, 0.6) is 0 Å². The summed E-state index contributed by atoms with van der Waals surface area (Å²) in [5, 5.41) is 10.1. The first-order valence-electron chi connectivity index (χ1n) is 8.33. The number of benzene rings is 1. The molecule has 0 amide bonds. The summed E-state index contributed by atoms with van der Waals surface area (Å²) in [7, 11) is -3.69. The van der Waals surface area contributed by atoms with Gasteiger partial charge in [0.1, 0.15) is 5.82 Å². The Morgan fingerprint density at radius 2 is 1.89 bits per heavy atom. The van der Waals surface area contributed by atoms with Crippen molar-refractivity contribution in [1.29, 1.82) is 0 Å². The fourth-order valence-corrected chi connectivity index (χ4v) is 3.98. The highest BCUT2D eigenvalue weighted by molar-refractivity contribution is 7.89. The van der Waals surface area contributed by atoms with Crippen molar-refractivity contribution in [2.45, 2.75) is 18.2 Å². The summed E-state index contributed by atoms with van der Waals surface area (Å²) < 4.78 is 22.6. The summed E-state index contributed by atoms with van der Waals surface area (Å²) >= 11 is 1.36. The summed E-state index contributed by atoms with van der Waals surface area (Å²) in [6, 6.07) is 9.96. The van der Waals surface area contributed by atoms with E-state index in [-0.39, 0.29) is 16.6 Å². The first kappa shape index (κ1) is 19.9. The molecule has 0 fully saturated rings. The second kappa shape index (κ2) is 8.05. The molecule has 3 rings (SSSR count). The SMILES string of the molecule is CC(=O)c1sccc1-c1cc(NCCc2ccc(S(N)(=O)=O)cc2)nc(N)n1. The number of nitrogen functional groups attached to an aromatic ring is 1. The quantitative estimate of drug-likeness (QED) is 0.501. The van der Waals surface area contributed by atoms with Gasteiger partial charge in [-0.1, -0.05) is 12.1 Å². The number of carbonyl (C=O) groups excluding carboxylic acids is 1. The Labute approximate surface area is 166 Å². The zero-order valence-corrected chi connectivity index (χ0v) is 16.7. The van der Waals surface area contributed by atoms with Crippen molar-refractivity contribution >= 4 is 38.9 Å². The minimum atomic E-state index is -3.69. The molecule has 146 valence electrons. The topological polar surface area (TPSA) is 141 Å². The standard InChI is InChI=1S/C18H19N5O3S2/c1-11(24)17-14(7-9-27-17)15-10-16(23-18(19)22-15)21-8-6-12-2-4-13(5-3-12)28(20,25)26/h2-5,7,9-10H,6,8H2,1H3,(H2,20,25,26)(H3,19,21,22,23). The molecule has 2 heterocycles. The molecule has 0 saturated carbocycles. The van der Waals surface area contributed by atoms with E-state index in [0.29, 0.717) is 29.4 Å². The minimum Gasteiger partial charge on any atom is -0.370 e. The second-order valence-corrected chi connectivity index (χ2v) is 8.56. The molecule has 3 aromatic rings. The maximum absolute atomic E-state index is 11.8. The maximum Gasteiger partial charge on any atom is 0.238 e. The van der Waals surface area contributed by atoms with Crippen LogP contribution in [-0.4, -0.2) is 30.7 Å². The van der Waals surface area contributed by atoms with E-state index in [9.17, 15) is 13.2 Å². The molecule has 0 saturated heterocycles. The molecule has 8 nitrogen and oxygen atoms in total. The van der Waals surface area contributed by atoms with Crippen molar-refractivity contribution in [3.05, 3.63) is 52.2 Å². The van der Waals surface area contributed by atoms with Crippen LogP contribution in [0.4, 0.5) is 11.8 Å². The van der Waals surface area contributed by atoms with Gasteiger partial charge in [0.15, 0.2) is 5.78 Å². The molecular formula is C18H19N5O3S2. The highest BCUT2D eigenvalue weighted by atomic mass is 32.2. The van der Waals surface area contributed by atoms with Crippen molar-refractivity contribution in [3.8, 4) is 11.3 Å². The van der Waals surface area contributed by atoms with Gasteiger partial charge in [0, 0.05) is 18.2 Å². The van der Waals surface area contributed by atoms with E-state index in [2.05, 4.69) is 15.3 Å². The number of ketones is 1. The molecule has 0 atom stereocenters. The summed E-state index contributed by atoms with van der Waals surface area (Å²) in [6.07, 6.45) is 0.640. The van der Waals surface area contributed by atoms with Gasteiger partial charge in [-0.15, -0.1) is 11.3 Å². The molecule has 0 aliphatic carbocycles. The van der Waals surface area contributed by atoms with Crippen molar-refractivity contribution in [3.63, 3.8) is 0 Å². The lowest BCUT2D eigenvalue weighted by Crippen LogP contribution is -2.12. The van der Waals surface area contributed by atoms with E-state index in [4.69, 9.17) is 10.9 Å². The van der Waals surface area contributed by atoms with Crippen LogP contribution in [0.2, 0.25) is 0 Å². The molecule has 28 heavy (non-hydrogen) atoms. The minimum absolute atomic E-state index is 0.0281. The lowest BCUT2D eigenvalue weighted by atomic mass is 10.1. The van der Waals surface area contributed by atoms with Gasteiger partial charge in [-0.3, -0.25) is 4.79 Å². The third-order valence-electron chi connectivity index (χ3n) is 3.98. The monoisotopic (exact) mass is 417 g/mol. The molecule has 10 heteroatoms. The maximum atomic E-state index is 11.8. The van der Waals surface area contributed by atoms with Crippen LogP contribution < -0.4 is 16.2 Å². The number of carbonyl (C=O) groups is 1. The molecule has 0 aliphatic heterocycles. The average Bonchev–Trinajstić information content (AvgIpc) is 3.11. The summed E-state index contributed by atoms with van der Waals surface area (Å²) in [5.74, 6) is 0.627. The largest absolute Gasteiger partial charge is 0.370 e. The molecule has 0 aliphatic rings. The van der Waals surface area contributed by atoms with Crippen LogP contribution in [0, 0.1) is 0 Å². The number of anilines is 2. The second-order valence-electron chi connectivity index (χ2n) is 6.08. The van der Waals surface area contributed by atoms with Gasteiger partial charge >= 0.3 is 0 Å². The normalized spacial score (nSPS) is 11.4. The highest BCUT2D eigenvalue weighted by Crippen LogP contribution is 2.29. The zero-order valence-electron chi connectivity index (χ0n) is 15.0. The summed E-state index contributed by atoms with van der Waals surface area (Å²) in [4.78, 5) is 20.9. The van der Waals surface area contributed by atoms with E-state index >= 15 is 0 Å². The molecular weight excluding hydrogens is 398 g/mol. The molecule has 5 N–H and O–H groups in total. The molecule has 2 aromatic heterocycles. The molecule has 0 radical (unpaired) electrons. The number of rotatable bonds is 7. The number of nitrogens with one attached hydrogen (secondary N) is 1.